The van der Waals surface area contributed by atoms with Crippen molar-refractivity contribution in [2.75, 3.05) is 19.0 Å². The third-order valence-corrected chi connectivity index (χ3v) is 3.12. The second-order valence-electron chi connectivity index (χ2n) is 4.98. The van der Waals surface area contributed by atoms with Crippen molar-refractivity contribution in [3.8, 4) is 0 Å². The van der Waals surface area contributed by atoms with Crippen LogP contribution in [0.25, 0.3) is 11.0 Å². The third-order valence-electron chi connectivity index (χ3n) is 3.12. The molecule has 0 unspecified atom stereocenters. The van der Waals surface area contributed by atoms with Gasteiger partial charge in [0.25, 0.3) is 0 Å². The highest BCUT2D eigenvalue weighted by atomic mass is 16.5. The number of anilines is 1. The van der Waals surface area contributed by atoms with E-state index in [9.17, 15) is 4.79 Å². The molecule has 0 aliphatic carbocycles. The Hall–Kier alpha value is -1.75. The summed E-state index contributed by atoms with van der Waals surface area (Å²) in [6.45, 7) is 4.93. The number of H-pyrrole nitrogens is 2. The number of methoxy groups -OCH3 is 1. The Morgan fingerprint density at radius 1 is 1.28 bits per heavy atom. The number of hydrogen-bond donors (Lipinski definition) is 3. The molecule has 5 nitrogen and oxygen atoms in total. The Bertz CT molecular complexity index is 583. The molecule has 98 valence electrons. The number of rotatable bonds is 5. The van der Waals surface area contributed by atoms with Crippen LogP contribution in [0.1, 0.15) is 20.3 Å². The summed E-state index contributed by atoms with van der Waals surface area (Å²) in [4.78, 5) is 16.6. The van der Waals surface area contributed by atoms with Crippen LogP contribution in [0.3, 0.4) is 0 Å². The van der Waals surface area contributed by atoms with E-state index in [2.05, 4.69) is 29.1 Å². The van der Waals surface area contributed by atoms with E-state index >= 15 is 0 Å². The molecule has 0 aliphatic rings. The van der Waals surface area contributed by atoms with E-state index in [-0.39, 0.29) is 11.3 Å². The van der Waals surface area contributed by atoms with Gasteiger partial charge in [0.05, 0.1) is 16.6 Å². The number of nitrogens with one attached hydrogen (secondary N) is 3. The Morgan fingerprint density at radius 2 is 2.00 bits per heavy atom. The molecule has 1 aromatic heterocycles. The monoisotopic (exact) mass is 249 g/mol. The first-order valence-electron chi connectivity index (χ1n) is 6.01. The second kappa shape index (κ2) is 4.86. The van der Waals surface area contributed by atoms with Crippen LogP contribution in [0.5, 0.6) is 0 Å². The zero-order valence-electron chi connectivity index (χ0n) is 11.0. The number of fused-ring (bicyclic) bond motifs is 1. The van der Waals surface area contributed by atoms with Crippen molar-refractivity contribution in [2.24, 2.45) is 0 Å². The van der Waals surface area contributed by atoms with E-state index < -0.39 is 0 Å². The van der Waals surface area contributed by atoms with Crippen molar-refractivity contribution >= 4 is 16.7 Å². The molecule has 0 aliphatic heterocycles. The van der Waals surface area contributed by atoms with Crippen molar-refractivity contribution in [2.45, 2.75) is 25.9 Å². The van der Waals surface area contributed by atoms with Crippen LogP contribution < -0.4 is 11.0 Å². The number of aromatic nitrogens is 2. The van der Waals surface area contributed by atoms with Gasteiger partial charge in [-0.2, -0.15) is 0 Å². The Balaban J connectivity index is 2.01. The lowest BCUT2D eigenvalue weighted by atomic mass is 10.1. The smallest absolute Gasteiger partial charge is 0.323 e. The molecule has 2 aromatic rings. The van der Waals surface area contributed by atoms with E-state index in [0.717, 1.165) is 29.7 Å². The molecule has 1 aromatic carbocycles. The van der Waals surface area contributed by atoms with Crippen LogP contribution in [0.2, 0.25) is 0 Å². The van der Waals surface area contributed by atoms with Crippen LogP contribution >= 0.6 is 0 Å². The van der Waals surface area contributed by atoms with Crippen molar-refractivity contribution in [3.63, 3.8) is 0 Å². The summed E-state index contributed by atoms with van der Waals surface area (Å²) in [6, 6.07) is 5.76. The SMILES string of the molecule is COC(C)(C)CCNc1ccc2[nH]c(=O)[nH]c2c1. The number of aromatic amines is 2. The normalized spacial score (nSPS) is 11.9. The highest BCUT2D eigenvalue weighted by Gasteiger charge is 2.15. The third kappa shape index (κ3) is 2.92. The zero-order chi connectivity index (χ0) is 13.2. The highest BCUT2D eigenvalue weighted by molar-refractivity contribution is 5.78. The van der Waals surface area contributed by atoms with Gasteiger partial charge in [0.1, 0.15) is 0 Å². The van der Waals surface area contributed by atoms with E-state index in [1.807, 2.05) is 18.2 Å². The molecule has 0 fully saturated rings. The molecule has 18 heavy (non-hydrogen) atoms. The number of benzene rings is 1. The molecule has 0 bridgehead atoms. The molecule has 0 amide bonds. The summed E-state index contributed by atoms with van der Waals surface area (Å²) in [5, 5.41) is 3.32. The van der Waals surface area contributed by atoms with Gasteiger partial charge >= 0.3 is 5.69 Å². The maximum atomic E-state index is 11.1. The lowest BCUT2D eigenvalue weighted by molar-refractivity contribution is 0.0185. The van der Waals surface area contributed by atoms with Crippen LogP contribution in [-0.2, 0) is 4.74 Å². The minimum atomic E-state index is -0.178. The van der Waals surface area contributed by atoms with Crippen LogP contribution in [-0.4, -0.2) is 29.2 Å². The zero-order valence-corrected chi connectivity index (χ0v) is 11.0. The first-order valence-corrected chi connectivity index (χ1v) is 6.01. The van der Waals surface area contributed by atoms with E-state index in [1.54, 1.807) is 7.11 Å². The average molecular weight is 249 g/mol. The Morgan fingerprint density at radius 3 is 2.72 bits per heavy atom. The van der Waals surface area contributed by atoms with Crippen LogP contribution in [0.15, 0.2) is 23.0 Å². The summed E-state index contributed by atoms with van der Waals surface area (Å²) >= 11 is 0. The van der Waals surface area contributed by atoms with E-state index in [1.165, 1.54) is 0 Å². The topological polar surface area (TPSA) is 69.9 Å². The van der Waals surface area contributed by atoms with Crippen LogP contribution in [0.4, 0.5) is 5.69 Å². The minimum Gasteiger partial charge on any atom is -0.385 e. The summed E-state index contributed by atoms with van der Waals surface area (Å²) < 4.78 is 5.36. The minimum absolute atomic E-state index is 0.125. The summed E-state index contributed by atoms with van der Waals surface area (Å²) in [6.07, 6.45) is 0.908. The summed E-state index contributed by atoms with van der Waals surface area (Å²) in [7, 11) is 1.72. The maximum absolute atomic E-state index is 11.1. The highest BCUT2D eigenvalue weighted by Crippen LogP contribution is 2.16. The molecule has 1 heterocycles. The quantitative estimate of drug-likeness (QED) is 0.760. The van der Waals surface area contributed by atoms with Gasteiger partial charge in [-0.25, -0.2) is 4.79 Å². The Labute approximate surface area is 106 Å². The molecule has 0 radical (unpaired) electrons. The van der Waals surface area contributed by atoms with Gasteiger partial charge in [0.2, 0.25) is 0 Å². The summed E-state index contributed by atoms with van der Waals surface area (Å²) in [5.74, 6) is 0. The summed E-state index contributed by atoms with van der Waals surface area (Å²) in [5.41, 5.74) is 2.32. The lowest BCUT2D eigenvalue weighted by Crippen LogP contribution is -2.25. The lowest BCUT2D eigenvalue weighted by Gasteiger charge is -2.23. The fraction of sp³-hybridized carbons (Fsp3) is 0.462. The predicted molar refractivity (Wildman–Crippen MR) is 73.1 cm³/mol. The second-order valence-corrected chi connectivity index (χ2v) is 4.98. The standard InChI is InChI=1S/C13H19N3O2/c1-13(2,18-3)6-7-14-9-4-5-10-11(8-9)16-12(17)15-10/h4-5,8,14H,6-7H2,1-3H3,(H2,15,16,17). The number of imidazole rings is 1. The molecule has 0 saturated heterocycles. The van der Waals surface area contributed by atoms with Gasteiger partial charge in [-0.1, -0.05) is 0 Å². The molecule has 0 atom stereocenters. The van der Waals surface area contributed by atoms with E-state index in [0.29, 0.717) is 0 Å². The first-order chi connectivity index (χ1) is 8.50. The fourth-order valence-corrected chi connectivity index (χ4v) is 1.75. The fourth-order valence-electron chi connectivity index (χ4n) is 1.75. The largest absolute Gasteiger partial charge is 0.385 e. The molecule has 2 rings (SSSR count). The number of ether oxygens (including phenoxy) is 1. The molecule has 0 saturated carbocycles. The van der Waals surface area contributed by atoms with Gasteiger partial charge < -0.3 is 20.0 Å². The molecular weight excluding hydrogens is 230 g/mol. The van der Waals surface area contributed by atoms with Crippen LogP contribution in [0, 0.1) is 0 Å². The molecule has 0 spiro atoms. The molecule has 3 N–H and O–H groups in total. The van der Waals surface area contributed by atoms with Crippen molar-refractivity contribution in [1.82, 2.24) is 9.97 Å². The van der Waals surface area contributed by atoms with Gasteiger partial charge in [-0.3, -0.25) is 0 Å². The first kappa shape index (κ1) is 12.7. The van der Waals surface area contributed by atoms with Crippen molar-refractivity contribution < 1.29 is 4.74 Å². The van der Waals surface area contributed by atoms with Gasteiger partial charge in [-0.05, 0) is 38.5 Å². The van der Waals surface area contributed by atoms with Gasteiger partial charge in [-0.15, -0.1) is 0 Å². The molecule has 5 heteroatoms. The van der Waals surface area contributed by atoms with E-state index in [4.69, 9.17) is 4.74 Å². The maximum Gasteiger partial charge on any atom is 0.323 e. The Kier molecular flexibility index (Phi) is 3.43. The average Bonchev–Trinajstić information content (AvgIpc) is 2.68. The predicted octanol–water partition coefficient (Wildman–Crippen LogP) is 2.08. The van der Waals surface area contributed by atoms with Crippen molar-refractivity contribution in [1.29, 1.82) is 0 Å². The molecular formula is C13H19N3O2. The van der Waals surface area contributed by atoms with Crippen molar-refractivity contribution in [3.05, 3.63) is 28.7 Å². The van der Waals surface area contributed by atoms with Gasteiger partial charge in [0.15, 0.2) is 0 Å². The number of hydrogen-bond acceptors (Lipinski definition) is 3. The van der Waals surface area contributed by atoms with Gasteiger partial charge in [0, 0.05) is 19.3 Å².